The number of aromatic amines is 1. The predicted molar refractivity (Wildman–Crippen MR) is 157 cm³/mol. The number of benzene rings is 1. The summed E-state index contributed by atoms with van der Waals surface area (Å²) in [7, 11) is 1.50. The van der Waals surface area contributed by atoms with Crippen LogP contribution in [0, 0.1) is 0 Å². The summed E-state index contributed by atoms with van der Waals surface area (Å²) < 4.78 is 20.4. The van der Waals surface area contributed by atoms with Gasteiger partial charge < -0.3 is 24.3 Å². The average Bonchev–Trinajstić information content (AvgIpc) is 3.73. The van der Waals surface area contributed by atoms with E-state index in [2.05, 4.69) is 27.4 Å². The number of pyridine rings is 1. The van der Waals surface area contributed by atoms with Gasteiger partial charge in [0.05, 0.1) is 48.7 Å². The summed E-state index contributed by atoms with van der Waals surface area (Å²) in [5, 5.41) is 5.18. The number of morpholine rings is 1. The van der Waals surface area contributed by atoms with Crippen molar-refractivity contribution in [3.8, 4) is 11.6 Å². The number of amides is 2. The summed E-state index contributed by atoms with van der Waals surface area (Å²) in [6.07, 6.45) is 4.88. The zero-order chi connectivity index (χ0) is 30.3. The number of rotatable bonds is 7. The Labute approximate surface area is 252 Å². The van der Waals surface area contributed by atoms with E-state index >= 15 is 0 Å². The first-order valence-electron chi connectivity index (χ1n) is 13.8. The van der Waals surface area contributed by atoms with E-state index in [9.17, 15) is 14.4 Å². The van der Waals surface area contributed by atoms with E-state index in [0.717, 1.165) is 18.8 Å². The molecule has 2 aliphatic rings. The van der Waals surface area contributed by atoms with Crippen LogP contribution in [0.1, 0.15) is 26.4 Å². The predicted octanol–water partition coefficient (Wildman–Crippen LogP) is 1.42. The molecule has 0 atom stereocenters. The molecule has 1 N–H and O–H groups in total. The Morgan fingerprint density at radius 1 is 0.977 bits per heavy atom. The number of ketones is 1. The van der Waals surface area contributed by atoms with Gasteiger partial charge in [0.25, 0.3) is 17.6 Å². The Morgan fingerprint density at radius 2 is 1.67 bits per heavy atom. The van der Waals surface area contributed by atoms with Crippen LogP contribution in [-0.2, 0) is 28.6 Å². The second kappa shape index (κ2) is 13.6. The number of carbonyl (C=O) groups is 3. The van der Waals surface area contributed by atoms with E-state index in [1.54, 1.807) is 21.7 Å². The maximum absolute atomic E-state index is 13.5. The first-order valence-corrected chi connectivity index (χ1v) is 14.1. The summed E-state index contributed by atoms with van der Waals surface area (Å²) in [6, 6.07) is 11.0. The normalized spacial score (nSPS) is 15.6. The molecule has 0 bridgehead atoms. The fourth-order valence-electron chi connectivity index (χ4n) is 5.30. The maximum atomic E-state index is 13.5. The number of hydrogen-bond donors (Lipinski definition) is 1. The molecule has 6 rings (SSSR count). The lowest BCUT2D eigenvalue weighted by atomic mass is 10.1. The molecule has 1 aromatic carbocycles. The molecule has 2 aliphatic heterocycles. The van der Waals surface area contributed by atoms with Crippen molar-refractivity contribution >= 4 is 41.0 Å². The summed E-state index contributed by atoms with van der Waals surface area (Å²) in [4.78, 5) is 52.7. The number of aromatic nitrogens is 4. The summed E-state index contributed by atoms with van der Waals surface area (Å²) in [6.45, 7) is 5.07. The van der Waals surface area contributed by atoms with Crippen molar-refractivity contribution < 1.29 is 28.1 Å². The van der Waals surface area contributed by atoms with E-state index < -0.39 is 11.7 Å². The van der Waals surface area contributed by atoms with Gasteiger partial charge in [-0.05, 0) is 18.2 Å². The summed E-state index contributed by atoms with van der Waals surface area (Å²) in [5.41, 5.74) is 2.23. The molecule has 2 fully saturated rings. The molecular weight excluding hydrogens is 574 g/mol. The highest BCUT2D eigenvalue weighted by Crippen LogP contribution is 2.32. The van der Waals surface area contributed by atoms with Gasteiger partial charge in [0.1, 0.15) is 5.75 Å². The van der Waals surface area contributed by atoms with Crippen LogP contribution in [0.2, 0.25) is 0 Å². The van der Waals surface area contributed by atoms with Crippen LogP contribution >= 0.6 is 0 Å². The van der Waals surface area contributed by atoms with Crippen LogP contribution in [0.4, 0.5) is 0 Å². The standard InChI is InChI=1S/C29H31N7O5.OS/c1-40-23-18-31-27(36-8-7-21(32-36)19-33-13-15-41-16-14-33)25-24(23)22(17-30-25)26(37)29(39)35-11-9-34(10-12-35)28(38)20-5-3-2-4-6-20;1-2/h2-8,17-18,30H,9-16,19H2,1H3;. The Morgan fingerprint density at radius 3 is 2.37 bits per heavy atom. The van der Waals surface area contributed by atoms with Gasteiger partial charge in [0.15, 0.2) is 18.4 Å². The van der Waals surface area contributed by atoms with Gasteiger partial charge in [-0.2, -0.15) is 9.31 Å². The van der Waals surface area contributed by atoms with Crippen LogP contribution < -0.4 is 4.74 Å². The molecular formula is C29H31N7O6S. The van der Waals surface area contributed by atoms with Gasteiger partial charge in [-0.25, -0.2) is 9.67 Å². The Balaban J connectivity index is 0.00000180. The van der Waals surface area contributed by atoms with E-state index in [0.29, 0.717) is 60.9 Å². The minimum atomic E-state index is -0.650. The molecule has 4 aromatic rings. The number of ether oxygens (including phenoxy) is 2. The molecule has 0 aliphatic carbocycles. The van der Waals surface area contributed by atoms with E-state index in [1.807, 2.05) is 30.5 Å². The number of nitrogens with zero attached hydrogens (tertiary/aromatic N) is 6. The average molecular weight is 606 g/mol. The number of Topliss-reactive ketones (excluding diaryl/α,β-unsaturated/α-hetero) is 1. The highest BCUT2D eigenvalue weighted by atomic mass is 32.1. The van der Waals surface area contributed by atoms with Gasteiger partial charge in [-0.15, -0.1) is 0 Å². The number of carbonyl (C=O) groups excluding carboxylic acids is 3. The molecule has 14 heteroatoms. The highest BCUT2D eigenvalue weighted by Gasteiger charge is 2.31. The van der Waals surface area contributed by atoms with Crippen molar-refractivity contribution in [1.82, 2.24) is 34.4 Å². The molecule has 5 heterocycles. The molecule has 0 unspecified atom stereocenters. The monoisotopic (exact) mass is 605 g/mol. The third-order valence-corrected chi connectivity index (χ3v) is 7.54. The zero-order valence-electron chi connectivity index (χ0n) is 23.6. The third kappa shape index (κ3) is 6.30. The van der Waals surface area contributed by atoms with E-state index in [-0.39, 0.29) is 24.6 Å². The molecule has 224 valence electrons. The fourth-order valence-corrected chi connectivity index (χ4v) is 5.30. The second-order valence-electron chi connectivity index (χ2n) is 10.0. The molecule has 43 heavy (non-hydrogen) atoms. The fraction of sp³-hybridized carbons (Fsp3) is 0.345. The SMILES string of the molecule is COc1cnc(-n2ccc(CN3CCOCC3)n2)c2[nH]cc(C(=O)C(=O)N3CCN(C(=O)c4ccccc4)CC3)c12.O=S. The number of nitrogens with one attached hydrogen (secondary N) is 1. The van der Waals surface area contributed by atoms with Crippen molar-refractivity contribution in [3.63, 3.8) is 0 Å². The first kappa shape index (κ1) is 29.9. The van der Waals surface area contributed by atoms with Crippen LogP contribution in [0.3, 0.4) is 0 Å². The molecule has 0 radical (unpaired) electrons. The van der Waals surface area contributed by atoms with Crippen molar-refractivity contribution in [2.75, 3.05) is 59.6 Å². The second-order valence-corrected chi connectivity index (χ2v) is 10.0. The van der Waals surface area contributed by atoms with Crippen LogP contribution in [0.15, 0.2) is 55.0 Å². The Kier molecular flexibility index (Phi) is 9.49. The number of H-pyrrole nitrogens is 1. The third-order valence-electron chi connectivity index (χ3n) is 7.54. The van der Waals surface area contributed by atoms with Gasteiger partial charge in [0.2, 0.25) is 0 Å². The highest BCUT2D eigenvalue weighted by molar-refractivity contribution is 7.44. The van der Waals surface area contributed by atoms with E-state index in [1.165, 1.54) is 24.4 Å². The van der Waals surface area contributed by atoms with Gasteiger partial charge in [-0.1, -0.05) is 18.2 Å². The molecule has 0 saturated carbocycles. The van der Waals surface area contributed by atoms with Crippen molar-refractivity contribution in [1.29, 1.82) is 0 Å². The van der Waals surface area contributed by atoms with Gasteiger partial charge in [0, 0.05) is 63.8 Å². The number of hydrogen-bond acceptors (Lipinski definition) is 10. The lowest BCUT2D eigenvalue weighted by Crippen LogP contribution is -2.52. The molecule has 2 amide bonds. The zero-order valence-corrected chi connectivity index (χ0v) is 24.4. The minimum absolute atomic E-state index is 0.0860. The van der Waals surface area contributed by atoms with Crippen molar-refractivity contribution in [3.05, 3.63) is 71.8 Å². The van der Waals surface area contributed by atoms with E-state index in [4.69, 9.17) is 18.8 Å². The van der Waals surface area contributed by atoms with Crippen LogP contribution in [0.25, 0.3) is 16.7 Å². The minimum Gasteiger partial charge on any atom is -0.494 e. The lowest BCUT2D eigenvalue weighted by molar-refractivity contribution is -0.127. The van der Waals surface area contributed by atoms with Gasteiger partial charge >= 0.3 is 0 Å². The topological polar surface area (TPSA) is 143 Å². The summed E-state index contributed by atoms with van der Waals surface area (Å²) in [5.74, 6) is -0.487. The molecule has 13 nitrogen and oxygen atoms in total. The Bertz CT molecular complexity index is 1590. The summed E-state index contributed by atoms with van der Waals surface area (Å²) >= 11 is 2.83. The molecule has 0 spiro atoms. The lowest BCUT2D eigenvalue weighted by Gasteiger charge is -2.34. The largest absolute Gasteiger partial charge is 0.494 e. The number of methoxy groups -OCH3 is 1. The quantitative estimate of drug-likeness (QED) is 0.243. The maximum Gasteiger partial charge on any atom is 0.295 e. The Hall–Kier alpha value is -4.53. The van der Waals surface area contributed by atoms with Crippen LogP contribution in [0.5, 0.6) is 5.75 Å². The number of fused-ring (bicyclic) bond motifs is 1. The van der Waals surface area contributed by atoms with Crippen molar-refractivity contribution in [2.24, 2.45) is 0 Å². The van der Waals surface area contributed by atoms with Crippen LogP contribution in [-0.4, -0.2) is 116 Å². The van der Waals surface area contributed by atoms with Crippen molar-refractivity contribution in [2.45, 2.75) is 6.54 Å². The number of piperazine rings is 1. The smallest absolute Gasteiger partial charge is 0.295 e. The van der Waals surface area contributed by atoms with Gasteiger partial charge in [-0.3, -0.25) is 19.3 Å². The molecule has 3 aromatic heterocycles. The first-order chi connectivity index (χ1) is 21.0. The molecule has 2 saturated heterocycles.